The van der Waals surface area contributed by atoms with Gasteiger partial charge in [0, 0.05) is 17.0 Å². The lowest BCUT2D eigenvalue weighted by molar-refractivity contribution is -0.206. The molecule has 4 heteroatoms. The average Bonchev–Trinajstić information content (AvgIpc) is 2.93. The molecule has 3 rings (SSSR count). The van der Waals surface area contributed by atoms with Crippen molar-refractivity contribution in [2.75, 3.05) is 13.2 Å². The number of rotatable bonds is 17. The van der Waals surface area contributed by atoms with Crippen molar-refractivity contribution in [1.29, 1.82) is 0 Å². The zero-order chi connectivity index (χ0) is 26.3. The van der Waals surface area contributed by atoms with Gasteiger partial charge in [-0.2, -0.15) is 0 Å². The second kappa shape index (κ2) is 16.9. The minimum atomic E-state index is -0.753. The number of halogens is 2. The monoisotopic (exact) mass is 514 g/mol. The molecule has 1 fully saturated rings. The molecule has 0 radical (unpaired) electrons. The molecule has 206 valence electrons. The van der Waals surface area contributed by atoms with Gasteiger partial charge in [-0.3, -0.25) is 0 Å². The second-order valence-corrected chi connectivity index (χ2v) is 10.8. The molecule has 1 aliphatic heterocycles. The zero-order valence-corrected chi connectivity index (χ0v) is 23.2. The van der Waals surface area contributed by atoms with Crippen LogP contribution in [0.15, 0.2) is 36.4 Å². The van der Waals surface area contributed by atoms with Crippen LogP contribution in [0.1, 0.15) is 121 Å². The second-order valence-electron chi connectivity index (χ2n) is 10.8. The van der Waals surface area contributed by atoms with Crippen molar-refractivity contribution in [2.24, 2.45) is 5.92 Å². The Morgan fingerprint density at radius 2 is 1.22 bits per heavy atom. The third kappa shape index (κ3) is 9.80. The van der Waals surface area contributed by atoms with E-state index in [0.29, 0.717) is 42.2 Å². The smallest absolute Gasteiger partial charge is 0.183 e. The van der Waals surface area contributed by atoms with E-state index in [9.17, 15) is 8.78 Å². The van der Waals surface area contributed by atoms with Crippen LogP contribution < -0.4 is 0 Å². The highest BCUT2D eigenvalue weighted by Crippen LogP contribution is 2.31. The molecular formula is C33H48F2O2. The molecule has 1 heterocycles. The molecule has 0 aliphatic carbocycles. The van der Waals surface area contributed by atoms with E-state index in [2.05, 4.69) is 13.8 Å². The highest BCUT2D eigenvalue weighted by Gasteiger charge is 2.23. The van der Waals surface area contributed by atoms with E-state index < -0.39 is 11.6 Å². The van der Waals surface area contributed by atoms with Gasteiger partial charge in [0.2, 0.25) is 0 Å². The first-order valence-electron chi connectivity index (χ1n) is 14.9. The van der Waals surface area contributed by atoms with E-state index in [0.717, 1.165) is 24.8 Å². The molecule has 2 aromatic rings. The van der Waals surface area contributed by atoms with Gasteiger partial charge in [-0.15, -0.1) is 0 Å². The van der Waals surface area contributed by atoms with Crippen molar-refractivity contribution in [3.63, 3.8) is 0 Å². The summed E-state index contributed by atoms with van der Waals surface area (Å²) >= 11 is 0. The Balaban J connectivity index is 1.45. The first-order chi connectivity index (χ1) is 18.1. The predicted molar refractivity (Wildman–Crippen MR) is 150 cm³/mol. The van der Waals surface area contributed by atoms with Crippen molar-refractivity contribution in [2.45, 2.75) is 116 Å². The van der Waals surface area contributed by atoms with Crippen molar-refractivity contribution in [3.8, 4) is 11.1 Å². The first kappa shape index (κ1) is 29.8. The van der Waals surface area contributed by atoms with Gasteiger partial charge in [0.1, 0.15) is 0 Å². The summed E-state index contributed by atoms with van der Waals surface area (Å²) in [6.07, 6.45) is 17.3. The molecule has 0 amide bonds. The van der Waals surface area contributed by atoms with Crippen LogP contribution in [0, 0.1) is 17.6 Å². The maximum absolute atomic E-state index is 14.9. The number of unbranched alkanes of at least 4 members (excludes halogenated alkanes) is 11. The van der Waals surface area contributed by atoms with Crippen LogP contribution in [0.4, 0.5) is 8.78 Å². The van der Waals surface area contributed by atoms with Gasteiger partial charge >= 0.3 is 0 Å². The number of benzene rings is 2. The highest BCUT2D eigenvalue weighted by molar-refractivity contribution is 5.65. The minimum absolute atomic E-state index is 0.303. The van der Waals surface area contributed by atoms with Gasteiger partial charge in [0.15, 0.2) is 17.9 Å². The van der Waals surface area contributed by atoms with Crippen LogP contribution in [-0.4, -0.2) is 13.2 Å². The zero-order valence-electron chi connectivity index (χ0n) is 23.2. The molecule has 37 heavy (non-hydrogen) atoms. The van der Waals surface area contributed by atoms with Gasteiger partial charge < -0.3 is 9.47 Å². The van der Waals surface area contributed by atoms with Crippen LogP contribution in [0.3, 0.4) is 0 Å². The Morgan fingerprint density at radius 3 is 1.84 bits per heavy atom. The molecule has 0 bridgehead atoms. The topological polar surface area (TPSA) is 18.5 Å². The summed E-state index contributed by atoms with van der Waals surface area (Å²) in [5.74, 6) is -1.00. The molecule has 2 aromatic carbocycles. The fourth-order valence-corrected chi connectivity index (χ4v) is 5.21. The molecule has 0 atom stereocenters. The molecule has 0 N–H and O–H groups in total. The fraction of sp³-hybridized carbons (Fsp3) is 0.636. The molecule has 0 saturated carbocycles. The molecule has 1 saturated heterocycles. The van der Waals surface area contributed by atoms with Crippen molar-refractivity contribution in [3.05, 3.63) is 59.2 Å². The lowest BCUT2D eigenvalue weighted by atomic mass is 9.98. The summed E-state index contributed by atoms with van der Waals surface area (Å²) in [4.78, 5) is 0. The Morgan fingerprint density at radius 1 is 0.649 bits per heavy atom. The normalized spacial score (nSPS) is 17.8. The lowest BCUT2D eigenvalue weighted by Gasteiger charge is -2.29. The Hall–Kier alpha value is -1.78. The lowest BCUT2D eigenvalue weighted by Crippen LogP contribution is -2.27. The summed E-state index contributed by atoms with van der Waals surface area (Å²) < 4.78 is 41.7. The first-order valence-corrected chi connectivity index (χ1v) is 14.9. The molecule has 1 aliphatic rings. The predicted octanol–water partition coefficient (Wildman–Crippen LogP) is 10.3. The van der Waals surface area contributed by atoms with Crippen LogP contribution in [0.5, 0.6) is 0 Å². The van der Waals surface area contributed by atoms with Gasteiger partial charge in [-0.05, 0) is 30.4 Å². The van der Waals surface area contributed by atoms with Crippen LogP contribution in [-0.2, 0) is 15.9 Å². The van der Waals surface area contributed by atoms with E-state index >= 15 is 0 Å². The SMILES string of the molecule is CCCCCCCCCCc1ccc(-c2ccc(C3OCC(CCCCCCC)CO3)cc2)c(F)c1F. The number of hydrogen-bond acceptors (Lipinski definition) is 2. The fourth-order valence-electron chi connectivity index (χ4n) is 5.21. The van der Waals surface area contributed by atoms with Gasteiger partial charge in [-0.25, -0.2) is 8.78 Å². The largest absolute Gasteiger partial charge is 0.348 e. The van der Waals surface area contributed by atoms with Crippen molar-refractivity contribution < 1.29 is 18.3 Å². The highest BCUT2D eigenvalue weighted by atomic mass is 19.2. The Labute approximate surface area is 224 Å². The minimum Gasteiger partial charge on any atom is -0.348 e. The third-order valence-corrected chi connectivity index (χ3v) is 7.64. The Bertz CT molecular complexity index is 888. The van der Waals surface area contributed by atoms with E-state index in [-0.39, 0.29) is 6.29 Å². The molecule has 0 unspecified atom stereocenters. The quantitative estimate of drug-likeness (QED) is 0.195. The molecule has 2 nitrogen and oxygen atoms in total. The Kier molecular flexibility index (Phi) is 13.6. The van der Waals surface area contributed by atoms with E-state index in [1.54, 1.807) is 12.1 Å². The summed E-state index contributed by atoms with van der Waals surface area (Å²) in [5.41, 5.74) is 2.36. The number of aryl methyl sites for hydroxylation is 1. The van der Waals surface area contributed by atoms with Crippen LogP contribution >= 0.6 is 0 Å². The maximum Gasteiger partial charge on any atom is 0.183 e. The average molecular weight is 515 g/mol. The molecule has 0 spiro atoms. The summed E-state index contributed by atoms with van der Waals surface area (Å²) in [6, 6.07) is 10.9. The maximum atomic E-state index is 14.9. The van der Waals surface area contributed by atoms with Gasteiger partial charge in [0.25, 0.3) is 0 Å². The molecular weight excluding hydrogens is 466 g/mol. The number of ether oxygens (including phenoxy) is 2. The van der Waals surface area contributed by atoms with Crippen molar-refractivity contribution >= 4 is 0 Å². The summed E-state index contributed by atoms with van der Waals surface area (Å²) in [6.45, 7) is 5.88. The third-order valence-electron chi connectivity index (χ3n) is 7.64. The van der Waals surface area contributed by atoms with Gasteiger partial charge in [-0.1, -0.05) is 127 Å². The summed E-state index contributed by atoms with van der Waals surface area (Å²) in [7, 11) is 0. The standard InChI is InChI=1S/C33H48F2O2/c1-3-5-7-9-10-11-13-15-17-28-22-23-30(32(35)31(28)34)27-18-20-29(21-19-27)33-36-24-26(25-37-33)16-14-12-8-6-4-2/h18-23,26,33H,3-17,24-25H2,1-2H3. The van der Waals surface area contributed by atoms with E-state index in [4.69, 9.17) is 9.47 Å². The van der Waals surface area contributed by atoms with E-state index in [1.165, 1.54) is 70.6 Å². The van der Waals surface area contributed by atoms with Crippen LogP contribution in [0.2, 0.25) is 0 Å². The number of hydrogen-bond donors (Lipinski definition) is 0. The van der Waals surface area contributed by atoms with Gasteiger partial charge in [0.05, 0.1) is 13.2 Å². The van der Waals surface area contributed by atoms with E-state index in [1.807, 2.05) is 24.3 Å². The van der Waals surface area contributed by atoms with Crippen LogP contribution in [0.25, 0.3) is 11.1 Å². The van der Waals surface area contributed by atoms with Crippen molar-refractivity contribution in [1.82, 2.24) is 0 Å². The summed E-state index contributed by atoms with van der Waals surface area (Å²) in [5, 5.41) is 0. The molecule has 0 aromatic heterocycles.